The molecule has 1 N–H and O–H groups in total. The Morgan fingerprint density at radius 1 is 0.970 bits per heavy atom. The Kier molecular flexibility index (Phi) is 8.32. The van der Waals surface area contributed by atoms with E-state index in [9.17, 15) is 4.79 Å². The molecule has 3 rings (SSSR count). The molecule has 8 heteroatoms. The summed E-state index contributed by atoms with van der Waals surface area (Å²) in [7, 11) is 7.21. The van der Waals surface area contributed by atoms with Gasteiger partial charge >= 0.3 is 0 Å². The van der Waals surface area contributed by atoms with E-state index >= 15 is 0 Å². The number of amides is 1. The first-order valence-corrected chi connectivity index (χ1v) is 10.9. The fourth-order valence-electron chi connectivity index (χ4n) is 3.33. The van der Waals surface area contributed by atoms with Gasteiger partial charge in [0.15, 0.2) is 0 Å². The van der Waals surface area contributed by atoms with Gasteiger partial charge in [-0.2, -0.15) is 5.10 Å². The van der Waals surface area contributed by atoms with Crippen LogP contribution in [-0.4, -0.2) is 62.0 Å². The van der Waals surface area contributed by atoms with E-state index in [1.54, 1.807) is 18.9 Å². The highest BCUT2D eigenvalue weighted by Gasteiger charge is 2.20. The Bertz CT molecular complexity index is 1040. The summed E-state index contributed by atoms with van der Waals surface area (Å²) in [5.41, 5.74) is 2.55. The van der Waals surface area contributed by atoms with Crippen LogP contribution in [0, 0.1) is 6.92 Å². The number of ether oxygens (including phenoxy) is 3. The number of carbonyl (C=O) groups is 1. The first-order valence-electron chi connectivity index (χ1n) is 10.9. The van der Waals surface area contributed by atoms with Crippen molar-refractivity contribution in [1.82, 2.24) is 20.0 Å². The predicted octanol–water partition coefficient (Wildman–Crippen LogP) is 3.60. The molecule has 8 nitrogen and oxygen atoms in total. The number of nitrogens with one attached hydrogen (secondary N) is 1. The molecule has 0 aliphatic carbocycles. The van der Waals surface area contributed by atoms with Gasteiger partial charge in [-0.1, -0.05) is 0 Å². The van der Waals surface area contributed by atoms with E-state index in [1.807, 2.05) is 74.4 Å². The molecule has 0 spiro atoms. The molecule has 2 aromatic carbocycles. The maximum Gasteiger partial charge on any atom is 0.226 e. The Labute approximate surface area is 195 Å². The maximum absolute atomic E-state index is 12.4. The van der Waals surface area contributed by atoms with Crippen molar-refractivity contribution in [1.29, 1.82) is 0 Å². The third kappa shape index (κ3) is 6.49. The lowest BCUT2D eigenvalue weighted by Crippen LogP contribution is -2.31. The zero-order valence-corrected chi connectivity index (χ0v) is 19.9. The highest BCUT2D eigenvalue weighted by Crippen LogP contribution is 2.32. The number of aromatic nitrogens is 2. The molecule has 33 heavy (non-hydrogen) atoms. The van der Waals surface area contributed by atoms with E-state index in [-0.39, 0.29) is 5.91 Å². The molecule has 0 aliphatic rings. The second-order valence-corrected chi connectivity index (χ2v) is 7.91. The number of aryl methyl sites for hydroxylation is 1. The van der Waals surface area contributed by atoms with Gasteiger partial charge in [-0.15, -0.1) is 0 Å². The zero-order chi connectivity index (χ0) is 23.8. The third-order valence-corrected chi connectivity index (χ3v) is 5.21. The van der Waals surface area contributed by atoms with E-state index in [4.69, 9.17) is 19.3 Å². The summed E-state index contributed by atoms with van der Waals surface area (Å²) in [6, 6.07) is 15.0. The average Bonchev–Trinajstić information content (AvgIpc) is 3.12. The smallest absolute Gasteiger partial charge is 0.226 e. The summed E-state index contributed by atoms with van der Waals surface area (Å²) in [6.07, 6.45) is 0.864. The van der Waals surface area contributed by atoms with Crippen LogP contribution < -0.4 is 19.5 Å². The molecule has 1 amide bonds. The minimum absolute atomic E-state index is 0.00356. The van der Waals surface area contributed by atoms with Gasteiger partial charge in [0.05, 0.1) is 25.6 Å². The Morgan fingerprint density at radius 3 is 2.12 bits per heavy atom. The SMILES string of the molecule is COc1ccc(Oc2c(CCC(=O)NCCN(C)C)c(C)nn2-c2ccc(OC)cc2)cc1. The van der Waals surface area contributed by atoms with Crippen LogP contribution in [0.3, 0.4) is 0 Å². The summed E-state index contributed by atoms with van der Waals surface area (Å²) in [5, 5.41) is 7.68. The summed E-state index contributed by atoms with van der Waals surface area (Å²) in [4.78, 5) is 14.4. The Balaban J connectivity index is 1.86. The highest BCUT2D eigenvalue weighted by atomic mass is 16.5. The number of carbonyl (C=O) groups excluding carboxylic acids is 1. The quantitative estimate of drug-likeness (QED) is 0.479. The monoisotopic (exact) mass is 452 g/mol. The average molecular weight is 453 g/mol. The van der Waals surface area contributed by atoms with Crippen molar-refractivity contribution in [3.8, 4) is 28.8 Å². The number of rotatable bonds is 11. The normalized spacial score (nSPS) is 10.8. The molecule has 0 aliphatic heterocycles. The van der Waals surface area contributed by atoms with E-state index < -0.39 is 0 Å². The molecule has 0 saturated heterocycles. The molecule has 0 saturated carbocycles. The van der Waals surface area contributed by atoms with E-state index in [0.29, 0.717) is 31.0 Å². The molecule has 1 aromatic heterocycles. The second-order valence-electron chi connectivity index (χ2n) is 7.91. The van der Waals surface area contributed by atoms with E-state index in [0.717, 1.165) is 35.0 Å². The minimum atomic E-state index is 0.00356. The van der Waals surface area contributed by atoms with Crippen LogP contribution in [0.2, 0.25) is 0 Å². The van der Waals surface area contributed by atoms with Crippen LogP contribution in [0.25, 0.3) is 5.69 Å². The van der Waals surface area contributed by atoms with Gasteiger partial charge < -0.3 is 24.4 Å². The lowest BCUT2D eigenvalue weighted by Gasteiger charge is -2.13. The summed E-state index contributed by atoms with van der Waals surface area (Å²) >= 11 is 0. The maximum atomic E-state index is 12.4. The summed E-state index contributed by atoms with van der Waals surface area (Å²) in [6.45, 7) is 3.34. The van der Waals surface area contributed by atoms with Crippen molar-refractivity contribution in [2.45, 2.75) is 19.8 Å². The first kappa shape index (κ1) is 24.1. The Hall–Kier alpha value is -3.52. The number of hydrogen-bond donors (Lipinski definition) is 1. The van der Waals surface area contributed by atoms with Crippen LogP contribution in [0.1, 0.15) is 17.7 Å². The lowest BCUT2D eigenvalue weighted by molar-refractivity contribution is -0.121. The molecular weight excluding hydrogens is 420 g/mol. The van der Waals surface area contributed by atoms with Crippen LogP contribution in [0.5, 0.6) is 23.1 Å². The molecule has 0 bridgehead atoms. The largest absolute Gasteiger partial charge is 0.497 e. The fraction of sp³-hybridized carbons (Fsp3) is 0.360. The van der Waals surface area contributed by atoms with Gasteiger partial charge in [0.2, 0.25) is 11.8 Å². The van der Waals surface area contributed by atoms with Gasteiger partial charge in [-0.25, -0.2) is 4.68 Å². The number of methoxy groups -OCH3 is 2. The van der Waals surface area contributed by atoms with Gasteiger partial charge in [0.25, 0.3) is 0 Å². The van der Waals surface area contributed by atoms with E-state index in [1.165, 1.54) is 0 Å². The highest BCUT2D eigenvalue weighted by molar-refractivity contribution is 5.76. The van der Waals surface area contributed by atoms with Crippen LogP contribution >= 0.6 is 0 Å². The standard InChI is InChI=1S/C25H32N4O4/c1-18-23(14-15-24(30)26-16-17-28(2)3)25(33-22-12-10-21(32-5)11-13-22)29(27-18)19-6-8-20(31-4)9-7-19/h6-13H,14-17H2,1-5H3,(H,26,30). The predicted molar refractivity (Wildman–Crippen MR) is 128 cm³/mol. The topological polar surface area (TPSA) is 77.9 Å². The number of hydrogen-bond acceptors (Lipinski definition) is 6. The molecule has 0 radical (unpaired) electrons. The van der Waals surface area contributed by atoms with Crippen molar-refractivity contribution in [3.05, 3.63) is 59.8 Å². The number of benzene rings is 2. The van der Waals surface area contributed by atoms with Crippen molar-refractivity contribution in [2.75, 3.05) is 41.4 Å². The minimum Gasteiger partial charge on any atom is -0.497 e. The number of nitrogens with zero attached hydrogens (tertiary/aromatic N) is 3. The molecule has 0 atom stereocenters. The van der Waals surface area contributed by atoms with Gasteiger partial charge in [0.1, 0.15) is 17.2 Å². The van der Waals surface area contributed by atoms with Crippen molar-refractivity contribution in [2.24, 2.45) is 0 Å². The Morgan fingerprint density at radius 2 is 1.55 bits per heavy atom. The van der Waals surface area contributed by atoms with Crippen molar-refractivity contribution in [3.63, 3.8) is 0 Å². The molecule has 176 valence electrons. The third-order valence-electron chi connectivity index (χ3n) is 5.21. The van der Waals surface area contributed by atoms with Crippen LogP contribution in [0.4, 0.5) is 0 Å². The summed E-state index contributed by atoms with van der Waals surface area (Å²) < 4.78 is 18.6. The number of likely N-dealkylation sites (N-methyl/N-ethyl adjacent to an activating group) is 1. The fourth-order valence-corrected chi connectivity index (χ4v) is 3.33. The van der Waals surface area contributed by atoms with Crippen molar-refractivity contribution >= 4 is 5.91 Å². The van der Waals surface area contributed by atoms with Gasteiger partial charge in [0, 0.05) is 25.1 Å². The van der Waals surface area contributed by atoms with Gasteiger partial charge in [-0.3, -0.25) is 4.79 Å². The molecular formula is C25H32N4O4. The summed E-state index contributed by atoms with van der Waals surface area (Å²) in [5.74, 6) is 2.75. The second kappa shape index (κ2) is 11.4. The first-order chi connectivity index (χ1) is 15.9. The molecule has 1 heterocycles. The molecule has 0 fully saturated rings. The molecule has 0 unspecified atom stereocenters. The van der Waals surface area contributed by atoms with Crippen LogP contribution in [0.15, 0.2) is 48.5 Å². The molecule has 3 aromatic rings. The van der Waals surface area contributed by atoms with E-state index in [2.05, 4.69) is 5.32 Å². The van der Waals surface area contributed by atoms with Gasteiger partial charge in [-0.05, 0) is 76.0 Å². The zero-order valence-electron chi connectivity index (χ0n) is 19.9. The lowest BCUT2D eigenvalue weighted by atomic mass is 10.1. The van der Waals surface area contributed by atoms with Crippen LogP contribution in [-0.2, 0) is 11.2 Å². The van der Waals surface area contributed by atoms with Crippen molar-refractivity contribution < 1.29 is 19.0 Å².